The molecule has 1 aliphatic carbocycles. The third-order valence-electron chi connectivity index (χ3n) is 4.62. The first-order valence-corrected chi connectivity index (χ1v) is 8.07. The second-order valence-electron chi connectivity index (χ2n) is 6.96. The number of hydrogen-bond acceptors (Lipinski definition) is 3. The van der Waals surface area contributed by atoms with Gasteiger partial charge in [0, 0.05) is 6.54 Å². The summed E-state index contributed by atoms with van der Waals surface area (Å²) >= 11 is 0. The van der Waals surface area contributed by atoms with Crippen molar-refractivity contribution in [2.24, 2.45) is 5.41 Å². The van der Waals surface area contributed by atoms with E-state index in [1.54, 1.807) is 0 Å². The maximum atomic E-state index is 6.07. The zero-order valence-electron chi connectivity index (χ0n) is 12.9. The Bertz CT molecular complexity index is 257. The number of nitrogens with one attached hydrogen (secondary N) is 1. The Hall–Kier alpha value is -0.120. The molecule has 0 radical (unpaired) electrons. The van der Waals surface area contributed by atoms with Crippen molar-refractivity contribution in [1.82, 2.24) is 5.32 Å². The van der Waals surface area contributed by atoms with Gasteiger partial charge in [-0.3, -0.25) is 0 Å². The second kappa shape index (κ2) is 7.05. The summed E-state index contributed by atoms with van der Waals surface area (Å²) < 4.78 is 12.1. The van der Waals surface area contributed by atoms with E-state index in [1.807, 2.05) is 0 Å². The van der Waals surface area contributed by atoms with Gasteiger partial charge in [0.2, 0.25) is 0 Å². The normalized spacial score (nSPS) is 31.7. The minimum Gasteiger partial charge on any atom is -0.376 e. The van der Waals surface area contributed by atoms with Crippen molar-refractivity contribution >= 4 is 0 Å². The van der Waals surface area contributed by atoms with E-state index in [0.717, 1.165) is 26.1 Å². The van der Waals surface area contributed by atoms with Gasteiger partial charge in [0.25, 0.3) is 0 Å². The highest BCUT2D eigenvalue weighted by molar-refractivity contribution is 4.80. The van der Waals surface area contributed by atoms with E-state index in [9.17, 15) is 0 Å². The van der Waals surface area contributed by atoms with Gasteiger partial charge >= 0.3 is 0 Å². The molecule has 2 fully saturated rings. The van der Waals surface area contributed by atoms with Crippen LogP contribution in [0, 0.1) is 5.41 Å². The van der Waals surface area contributed by atoms with E-state index < -0.39 is 0 Å². The first kappa shape index (κ1) is 15.3. The molecule has 3 heteroatoms. The molecule has 1 aliphatic heterocycles. The highest BCUT2D eigenvalue weighted by Crippen LogP contribution is 2.36. The van der Waals surface area contributed by atoms with Crippen LogP contribution >= 0.6 is 0 Å². The standard InChI is InChI=1S/C16H31NO2/c1-4-17-11-14-5-6-15(19-14)12-18-13-7-9-16(2,3)10-8-13/h13-15,17H,4-12H2,1-3H3. The fourth-order valence-corrected chi connectivity index (χ4v) is 3.14. The Kier molecular flexibility index (Phi) is 5.67. The Morgan fingerprint density at radius 2 is 1.79 bits per heavy atom. The van der Waals surface area contributed by atoms with Gasteiger partial charge in [0.1, 0.15) is 0 Å². The predicted octanol–water partition coefficient (Wildman–Crippen LogP) is 3.13. The summed E-state index contributed by atoms with van der Waals surface area (Å²) in [7, 11) is 0. The molecule has 2 rings (SSSR count). The fraction of sp³-hybridized carbons (Fsp3) is 1.00. The molecule has 0 bridgehead atoms. The number of hydrogen-bond donors (Lipinski definition) is 1. The van der Waals surface area contributed by atoms with Crippen molar-refractivity contribution in [2.75, 3.05) is 19.7 Å². The molecule has 1 saturated heterocycles. The SMILES string of the molecule is CCNCC1CCC(COC2CCC(C)(C)CC2)O1. The molecule has 3 nitrogen and oxygen atoms in total. The molecular weight excluding hydrogens is 238 g/mol. The lowest BCUT2D eigenvalue weighted by Gasteiger charge is -2.34. The van der Waals surface area contributed by atoms with E-state index >= 15 is 0 Å². The van der Waals surface area contributed by atoms with E-state index in [2.05, 4.69) is 26.1 Å². The van der Waals surface area contributed by atoms with E-state index in [0.29, 0.717) is 23.7 Å². The zero-order valence-corrected chi connectivity index (χ0v) is 12.9. The van der Waals surface area contributed by atoms with E-state index in [-0.39, 0.29) is 0 Å². The topological polar surface area (TPSA) is 30.5 Å². The van der Waals surface area contributed by atoms with Crippen molar-refractivity contribution < 1.29 is 9.47 Å². The molecule has 2 atom stereocenters. The predicted molar refractivity (Wildman–Crippen MR) is 78.4 cm³/mol. The second-order valence-corrected chi connectivity index (χ2v) is 6.96. The number of ether oxygens (including phenoxy) is 2. The van der Waals surface area contributed by atoms with Gasteiger partial charge in [-0.25, -0.2) is 0 Å². The third-order valence-corrected chi connectivity index (χ3v) is 4.62. The molecule has 2 unspecified atom stereocenters. The van der Waals surface area contributed by atoms with Crippen molar-refractivity contribution in [3.63, 3.8) is 0 Å². The molecule has 0 amide bonds. The van der Waals surface area contributed by atoms with Crippen molar-refractivity contribution in [2.45, 2.75) is 77.6 Å². The maximum Gasteiger partial charge on any atom is 0.0814 e. The van der Waals surface area contributed by atoms with Gasteiger partial charge in [0.05, 0.1) is 24.9 Å². The van der Waals surface area contributed by atoms with Gasteiger partial charge in [0.15, 0.2) is 0 Å². The van der Waals surface area contributed by atoms with Crippen LogP contribution in [0.25, 0.3) is 0 Å². The quantitative estimate of drug-likeness (QED) is 0.803. The monoisotopic (exact) mass is 269 g/mol. The summed E-state index contributed by atoms with van der Waals surface area (Å²) in [5.41, 5.74) is 0.528. The molecular formula is C16H31NO2. The minimum atomic E-state index is 0.332. The lowest BCUT2D eigenvalue weighted by atomic mass is 9.76. The van der Waals surface area contributed by atoms with Crippen LogP contribution in [0.2, 0.25) is 0 Å². The fourth-order valence-electron chi connectivity index (χ4n) is 3.14. The first-order chi connectivity index (χ1) is 9.09. The zero-order chi connectivity index (χ0) is 13.7. The molecule has 19 heavy (non-hydrogen) atoms. The summed E-state index contributed by atoms with van der Waals surface area (Å²) in [6.07, 6.45) is 8.59. The smallest absolute Gasteiger partial charge is 0.0814 e. The van der Waals surface area contributed by atoms with Crippen LogP contribution in [0.15, 0.2) is 0 Å². The van der Waals surface area contributed by atoms with Gasteiger partial charge in [-0.05, 0) is 50.5 Å². The summed E-state index contributed by atoms with van der Waals surface area (Å²) in [6, 6.07) is 0. The molecule has 0 spiro atoms. The molecule has 0 aromatic rings. The summed E-state index contributed by atoms with van der Waals surface area (Å²) in [6.45, 7) is 9.70. The molecule has 2 aliphatic rings. The van der Waals surface area contributed by atoms with Gasteiger partial charge in [-0.2, -0.15) is 0 Å². The minimum absolute atomic E-state index is 0.332. The average molecular weight is 269 g/mol. The van der Waals surface area contributed by atoms with Crippen LogP contribution in [0.3, 0.4) is 0 Å². The van der Waals surface area contributed by atoms with Crippen molar-refractivity contribution in [1.29, 1.82) is 0 Å². The van der Waals surface area contributed by atoms with Crippen molar-refractivity contribution in [3.05, 3.63) is 0 Å². The highest BCUT2D eigenvalue weighted by Gasteiger charge is 2.29. The van der Waals surface area contributed by atoms with Crippen LogP contribution in [0.5, 0.6) is 0 Å². The van der Waals surface area contributed by atoms with E-state index in [1.165, 1.54) is 32.1 Å². The third kappa shape index (κ3) is 5.05. The Labute approximate surface area is 118 Å². The van der Waals surface area contributed by atoms with E-state index in [4.69, 9.17) is 9.47 Å². The van der Waals surface area contributed by atoms with Gasteiger partial charge < -0.3 is 14.8 Å². The van der Waals surface area contributed by atoms with Crippen LogP contribution < -0.4 is 5.32 Å². The molecule has 1 saturated carbocycles. The largest absolute Gasteiger partial charge is 0.376 e. The van der Waals surface area contributed by atoms with Crippen LogP contribution in [-0.2, 0) is 9.47 Å². The Balaban J connectivity index is 1.59. The lowest BCUT2D eigenvalue weighted by Crippen LogP contribution is -2.30. The van der Waals surface area contributed by atoms with Crippen molar-refractivity contribution in [3.8, 4) is 0 Å². The molecule has 1 N–H and O–H groups in total. The molecule has 112 valence electrons. The van der Waals surface area contributed by atoms with Crippen LogP contribution in [0.1, 0.15) is 59.3 Å². The summed E-state index contributed by atoms with van der Waals surface area (Å²) in [4.78, 5) is 0. The summed E-state index contributed by atoms with van der Waals surface area (Å²) in [5.74, 6) is 0. The maximum absolute atomic E-state index is 6.07. The summed E-state index contributed by atoms with van der Waals surface area (Å²) in [5, 5.41) is 3.36. The first-order valence-electron chi connectivity index (χ1n) is 8.07. The van der Waals surface area contributed by atoms with Gasteiger partial charge in [-0.1, -0.05) is 20.8 Å². The number of likely N-dealkylation sites (N-methyl/N-ethyl adjacent to an activating group) is 1. The highest BCUT2D eigenvalue weighted by atomic mass is 16.5. The van der Waals surface area contributed by atoms with Crippen LogP contribution in [-0.4, -0.2) is 38.0 Å². The lowest BCUT2D eigenvalue weighted by molar-refractivity contribution is -0.0583. The number of rotatable bonds is 6. The molecule has 0 aromatic heterocycles. The Morgan fingerprint density at radius 1 is 1.11 bits per heavy atom. The van der Waals surface area contributed by atoms with Gasteiger partial charge in [-0.15, -0.1) is 0 Å². The average Bonchev–Trinajstić information content (AvgIpc) is 2.83. The van der Waals surface area contributed by atoms with Crippen LogP contribution in [0.4, 0.5) is 0 Å². The molecule has 0 aromatic carbocycles. The molecule has 1 heterocycles. The Morgan fingerprint density at radius 3 is 2.47 bits per heavy atom.